The Labute approximate surface area is 132 Å². The molecule has 6 heteroatoms. The van der Waals surface area contributed by atoms with Gasteiger partial charge in [0.05, 0.1) is 23.1 Å². The average Bonchev–Trinajstić information content (AvgIpc) is 3.26. The van der Waals surface area contributed by atoms with Crippen LogP contribution in [0.1, 0.15) is 30.1 Å². The van der Waals surface area contributed by atoms with Gasteiger partial charge >= 0.3 is 5.97 Å². The standard InChI is InChI=1S/C15H15Cl2NO3/c1-8(13(20)21-2)14-6-15(14,7-14)18-12(19)9-3-4-10(16)11(17)5-9/h3-5,8H,6-7H2,1-2H3,(H,18,19). The van der Waals surface area contributed by atoms with E-state index >= 15 is 0 Å². The topological polar surface area (TPSA) is 55.4 Å². The van der Waals surface area contributed by atoms with Gasteiger partial charge in [-0.2, -0.15) is 0 Å². The van der Waals surface area contributed by atoms with Gasteiger partial charge < -0.3 is 10.1 Å². The van der Waals surface area contributed by atoms with Gasteiger partial charge in [-0.3, -0.25) is 9.59 Å². The maximum atomic E-state index is 12.3. The maximum absolute atomic E-state index is 12.3. The monoisotopic (exact) mass is 327 g/mol. The van der Waals surface area contributed by atoms with E-state index in [1.54, 1.807) is 18.2 Å². The zero-order valence-corrected chi connectivity index (χ0v) is 13.2. The summed E-state index contributed by atoms with van der Waals surface area (Å²) in [6.45, 7) is 1.85. The van der Waals surface area contributed by atoms with E-state index in [-0.39, 0.29) is 28.7 Å². The molecule has 0 bridgehead atoms. The third-order valence-corrected chi connectivity index (χ3v) is 5.59. The SMILES string of the molecule is COC(=O)C(C)C12CC1(NC(=O)c1ccc(Cl)c(Cl)c1)C2. The van der Waals surface area contributed by atoms with E-state index in [4.69, 9.17) is 27.9 Å². The summed E-state index contributed by atoms with van der Waals surface area (Å²) in [5.41, 5.74) is 0.104. The molecule has 4 nitrogen and oxygen atoms in total. The van der Waals surface area contributed by atoms with Crippen molar-refractivity contribution in [2.75, 3.05) is 7.11 Å². The number of amides is 1. The minimum absolute atomic E-state index is 0.119. The van der Waals surface area contributed by atoms with Crippen molar-refractivity contribution < 1.29 is 14.3 Å². The number of fused-ring (bicyclic) bond motifs is 1. The summed E-state index contributed by atoms with van der Waals surface area (Å²) >= 11 is 11.8. The van der Waals surface area contributed by atoms with Gasteiger partial charge in [-0.15, -0.1) is 0 Å². The number of carbonyl (C=O) groups is 2. The van der Waals surface area contributed by atoms with E-state index in [1.807, 2.05) is 6.92 Å². The second-order valence-corrected chi connectivity index (χ2v) is 6.73. The first-order valence-corrected chi connectivity index (χ1v) is 7.46. The second-order valence-electron chi connectivity index (χ2n) is 5.92. The van der Waals surface area contributed by atoms with E-state index in [0.29, 0.717) is 15.6 Å². The molecule has 0 heterocycles. The van der Waals surface area contributed by atoms with Crippen LogP contribution in [0.15, 0.2) is 18.2 Å². The number of nitrogens with one attached hydrogen (secondary N) is 1. The summed E-state index contributed by atoms with van der Waals surface area (Å²) in [4.78, 5) is 23.9. The highest BCUT2D eigenvalue weighted by Gasteiger charge is 2.86. The van der Waals surface area contributed by atoms with Crippen molar-refractivity contribution in [3.8, 4) is 0 Å². The molecule has 1 atom stereocenters. The normalized spacial score (nSPS) is 30.1. The highest BCUT2D eigenvalue weighted by atomic mass is 35.5. The number of carbonyl (C=O) groups excluding carboxylic acids is 2. The van der Waals surface area contributed by atoms with Crippen LogP contribution < -0.4 is 5.32 Å². The van der Waals surface area contributed by atoms with Crippen LogP contribution in [0.25, 0.3) is 0 Å². The molecule has 0 aliphatic heterocycles. The summed E-state index contributed by atoms with van der Waals surface area (Å²) in [5, 5.41) is 3.78. The minimum atomic E-state index is -0.246. The zero-order chi connectivity index (χ0) is 15.4. The van der Waals surface area contributed by atoms with Crippen LogP contribution in [0.4, 0.5) is 0 Å². The van der Waals surface area contributed by atoms with E-state index in [2.05, 4.69) is 5.32 Å². The van der Waals surface area contributed by atoms with Gasteiger partial charge in [0.15, 0.2) is 0 Å². The Morgan fingerprint density at radius 2 is 1.95 bits per heavy atom. The average molecular weight is 328 g/mol. The number of hydrogen-bond acceptors (Lipinski definition) is 3. The molecule has 112 valence electrons. The highest BCUT2D eigenvalue weighted by molar-refractivity contribution is 6.42. The molecule has 1 N–H and O–H groups in total. The number of benzene rings is 1. The first-order chi connectivity index (χ1) is 9.85. The first kappa shape index (κ1) is 14.7. The van der Waals surface area contributed by atoms with Gasteiger partial charge in [0.25, 0.3) is 5.91 Å². The Kier molecular flexibility index (Phi) is 3.22. The lowest BCUT2D eigenvalue weighted by Crippen LogP contribution is -2.31. The number of halogens is 2. The van der Waals surface area contributed by atoms with Gasteiger partial charge in [-0.25, -0.2) is 0 Å². The van der Waals surface area contributed by atoms with Gasteiger partial charge in [0.2, 0.25) is 0 Å². The van der Waals surface area contributed by atoms with Gasteiger partial charge in [-0.05, 0) is 31.0 Å². The van der Waals surface area contributed by atoms with Crippen LogP contribution in [0.2, 0.25) is 10.0 Å². The lowest BCUT2D eigenvalue weighted by molar-refractivity contribution is -0.146. The predicted molar refractivity (Wildman–Crippen MR) is 79.5 cm³/mol. The number of rotatable bonds is 4. The van der Waals surface area contributed by atoms with Crippen molar-refractivity contribution in [1.82, 2.24) is 5.32 Å². The fourth-order valence-electron chi connectivity index (χ4n) is 3.20. The lowest BCUT2D eigenvalue weighted by atomic mass is 9.99. The Hall–Kier alpha value is -1.26. The molecule has 0 saturated heterocycles. The number of ether oxygens (including phenoxy) is 1. The molecule has 1 amide bonds. The second kappa shape index (κ2) is 4.62. The third-order valence-electron chi connectivity index (χ3n) is 4.86. The molecule has 1 unspecified atom stereocenters. The minimum Gasteiger partial charge on any atom is -0.469 e. The van der Waals surface area contributed by atoms with Gasteiger partial charge in [-0.1, -0.05) is 30.1 Å². The Bertz CT molecular complexity index is 638. The molecule has 0 aromatic heterocycles. The fourth-order valence-corrected chi connectivity index (χ4v) is 3.50. The lowest BCUT2D eigenvalue weighted by Gasteiger charge is -2.09. The van der Waals surface area contributed by atoms with Crippen molar-refractivity contribution in [2.24, 2.45) is 11.3 Å². The van der Waals surface area contributed by atoms with E-state index in [0.717, 1.165) is 12.8 Å². The molecule has 2 fully saturated rings. The van der Waals surface area contributed by atoms with E-state index < -0.39 is 0 Å². The van der Waals surface area contributed by atoms with Crippen molar-refractivity contribution in [2.45, 2.75) is 25.3 Å². The zero-order valence-electron chi connectivity index (χ0n) is 11.7. The Morgan fingerprint density at radius 1 is 1.29 bits per heavy atom. The smallest absolute Gasteiger partial charge is 0.309 e. The van der Waals surface area contributed by atoms with Gasteiger partial charge in [0.1, 0.15) is 0 Å². The highest BCUT2D eigenvalue weighted by Crippen LogP contribution is 2.82. The summed E-state index contributed by atoms with van der Waals surface area (Å²) in [6.07, 6.45) is 1.65. The first-order valence-electron chi connectivity index (χ1n) is 6.71. The molecular weight excluding hydrogens is 313 g/mol. The summed E-state index contributed by atoms with van der Waals surface area (Å²) in [6, 6.07) is 4.78. The Morgan fingerprint density at radius 3 is 2.52 bits per heavy atom. The van der Waals surface area contributed by atoms with Crippen LogP contribution in [-0.2, 0) is 9.53 Å². The quantitative estimate of drug-likeness (QED) is 0.864. The predicted octanol–water partition coefficient (Wildman–Crippen LogP) is 3.06. The molecule has 2 aliphatic carbocycles. The van der Waals surface area contributed by atoms with Crippen LogP contribution >= 0.6 is 23.2 Å². The fraction of sp³-hybridized carbons (Fsp3) is 0.467. The van der Waals surface area contributed by atoms with Crippen LogP contribution in [0, 0.1) is 11.3 Å². The van der Waals surface area contributed by atoms with Crippen LogP contribution in [-0.4, -0.2) is 24.5 Å². The molecule has 21 heavy (non-hydrogen) atoms. The van der Waals surface area contributed by atoms with Gasteiger partial charge in [0, 0.05) is 16.5 Å². The Balaban J connectivity index is 1.68. The summed E-state index contributed by atoms with van der Waals surface area (Å²) in [7, 11) is 1.39. The molecule has 2 aliphatic rings. The maximum Gasteiger partial charge on any atom is 0.309 e. The van der Waals surface area contributed by atoms with Crippen LogP contribution in [0.3, 0.4) is 0 Å². The molecule has 1 aromatic rings. The largest absolute Gasteiger partial charge is 0.469 e. The summed E-state index contributed by atoms with van der Waals surface area (Å²) < 4.78 is 4.78. The number of methoxy groups -OCH3 is 1. The molecule has 0 radical (unpaired) electrons. The molecule has 2 saturated carbocycles. The molecular formula is C15H15Cl2NO3. The molecule has 0 spiro atoms. The van der Waals surface area contributed by atoms with Crippen molar-refractivity contribution in [3.63, 3.8) is 0 Å². The molecule has 1 aromatic carbocycles. The van der Waals surface area contributed by atoms with Crippen molar-refractivity contribution >= 4 is 35.1 Å². The van der Waals surface area contributed by atoms with E-state index in [9.17, 15) is 9.59 Å². The third kappa shape index (κ3) is 2.12. The number of hydrogen-bond donors (Lipinski definition) is 1. The van der Waals surface area contributed by atoms with Crippen molar-refractivity contribution in [3.05, 3.63) is 33.8 Å². The van der Waals surface area contributed by atoms with E-state index in [1.165, 1.54) is 7.11 Å². The van der Waals surface area contributed by atoms with Crippen molar-refractivity contribution in [1.29, 1.82) is 0 Å². The summed E-state index contributed by atoms with van der Waals surface area (Å²) in [5.74, 6) is -0.611. The molecule has 3 rings (SSSR count). The number of esters is 1. The van der Waals surface area contributed by atoms with Crippen LogP contribution in [0.5, 0.6) is 0 Å².